The third kappa shape index (κ3) is 3.49. The lowest BCUT2D eigenvalue weighted by atomic mass is 9.75. The molecule has 0 aliphatic heterocycles. The van der Waals surface area contributed by atoms with Gasteiger partial charge in [0.15, 0.2) is 5.78 Å². The Morgan fingerprint density at radius 3 is 2.78 bits per heavy atom. The van der Waals surface area contributed by atoms with Crippen LogP contribution in [-0.4, -0.2) is 22.9 Å². The Morgan fingerprint density at radius 1 is 1.19 bits per heavy atom. The summed E-state index contributed by atoms with van der Waals surface area (Å²) in [6, 6.07) is 8.27. The van der Waals surface area contributed by atoms with Crippen LogP contribution in [0.1, 0.15) is 36.3 Å². The molecule has 2 aromatic heterocycles. The van der Waals surface area contributed by atoms with Crippen LogP contribution < -0.4 is 4.74 Å². The van der Waals surface area contributed by atoms with Gasteiger partial charge in [0.2, 0.25) is 0 Å². The molecule has 0 saturated heterocycles. The summed E-state index contributed by atoms with van der Waals surface area (Å²) in [5, 5.41) is 0.742. The number of aromatic nitrogens is 2. The van der Waals surface area contributed by atoms with E-state index < -0.39 is 0 Å². The minimum Gasteiger partial charge on any atom is -0.497 e. The van der Waals surface area contributed by atoms with Crippen LogP contribution in [0.5, 0.6) is 5.75 Å². The molecule has 4 rings (SSSR count). The van der Waals surface area contributed by atoms with Gasteiger partial charge in [0.05, 0.1) is 23.4 Å². The SMILES string of the molecule is COc1cc(F)cc(-c2cnc(-c3ccc4c(n3)CC(C)(C)CC4=O)s2)c1. The van der Waals surface area contributed by atoms with Crippen LogP contribution >= 0.6 is 11.3 Å². The van der Waals surface area contributed by atoms with E-state index in [2.05, 4.69) is 18.8 Å². The molecule has 3 aromatic rings. The molecule has 27 heavy (non-hydrogen) atoms. The van der Waals surface area contributed by atoms with E-state index in [1.165, 1.54) is 30.6 Å². The number of thiazole rings is 1. The summed E-state index contributed by atoms with van der Waals surface area (Å²) in [4.78, 5) is 22.3. The standard InChI is InChI=1S/C21H19FN2O2S/c1-21(2)9-17-15(18(25)10-21)4-5-16(24-17)20-23-11-19(27-20)12-6-13(22)8-14(7-12)26-3/h4-8,11H,9-10H2,1-3H3. The number of carbonyl (C=O) groups excluding carboxylic acids is 1. The number of methoxy groups -OCH3 is 1. The highest BCUT2D eigenvalue weighted by Gasteiger charge is 2.32. The molecule has 2 heterocycles. The Kier molecular flexibility index (Phi) is 4.30. The largest absolute Gasteiger partial charge is 0.497 e. The lowest BCUT2D eigenvalue weighted by Gasteiger charge is -2.29. The van der Waals surface area contributed by atoms with Gasteiger partial charge in [0.1, 0.15) is 16.6 Å². The van der Waals surface area contributed by atoms with Crippen molar-refractivity contribution in [1.82, 2.24) is 9.97 Å². The van der Waals surface area contributed by atoms with Gasteiger partial charge in [-0.1, -0.05) is 13.8 Å². The average molecular weight is 382 g/mol. The Balaban J connectivity index is 1.70. The highest BCUT2D eigenvalue weighted by molar-refractivity contribution is 7.18. The first-order valence-electron chi connectivity index (χ1n) is 8.69. The van der Waals surface area contributed by atoms with Gasteiger partial charge >= 0.3 is 0 Å². The van der Waals surface area contributed by atoms with Gasteiger partial charge in [-0.05, 0) is 41.7 Å². The zero-order valence-electron chi connectivity index (χ0n) is 15.4. The molecule has 0 N–H and O–H groups in total. The number of hydrogen-bond donors (Lipinski definition) is 0. The quantitative estimate of drug-likeness (QED) is 0.627. The Bertz CT molecular complexity index is 1040. The molecule has 0 saturated carbocycles. The first kappa shape index (κ1) is 17.8. The number of hydrogen-bond acceptors (Lipinski definition) is 5. The van der Waals surface area contributed by atoms with Crippen LogP contribution in [0, 0.1) is 11.2 Å². The second-order valence-corrected chi connectivity index (χ2v) is 8.57. The summed E-state index contributed by atoms with van der Waals surface area (Å²) in [6.45, 7) is 4.17. The number of rotatable bonds is 3. The van der Waals surface area contributed by atoms with Crippen molar-refractivity contribution in [2.75, 3.05) is 7.11 Å². The van der Waals surface area contributed by atoms with Crippen molar-refractivity contribution < 1.29 is 13.9 Å². The van der Waals surface area contributed by atoms with Crippen LogP contribution in [0.2, 0.25) is 0 Å². The number of ketones is 1. The van der Waals surface area contributed by atoms with Gasteiger partial charge < -0.3 is 4.74 Å². The van der Waals surface area contributed by atoms with Crippen molar-refractivity contribution in [3.63, 3.8) is 0 Å². The van der Waals surface area contributed by atoms with Crippen LogP contribution in [0.25, 0.3) is 21.1 Å². The Hall–Kier alpha value is -2.60. The predicted molar refractivity (Wildman–Crippen MR) is 104 cm³/mol. The number of pyridine rings is 1. The lowest BCUT2D eigenvalue weighted by Crippen LogP contribution is -2.27. The molecule has 1 aromatic carbocycles. The van der Waals surface area contributed by atoms with Gasteiger partial charge in [0.25, 0.3) is 0 Å². The van der Waals surface area contributed by atoms with E-state index in [9.17, 15) is 9.18 Å². The summed E-state index contributed by atoms with van der Waals surface area (Å²) in [5.41, 5.74) is 2.91. The first-order chi connectivity index (χ1) is 12.8. The molecule has 0 bridgehead atoms. The van der Waals surface area contributed by atoms with Crippen molar-refractivity contribution in [3.05, 3.63) is 53.6 Å². The van der Waals surface area contributed by atoms with E-state index in [1.54, 1.807) is 12.3 Å². The molecule has 6 heteroatoms. The summed E-state index contributed by atoms with van der Waals surface area (Å²) in [5.74, 6) is 0.256. The summed E-state index contributed by atoms with van der Waals surface area (Å²) in [6.07, 6.45) is 3.02. The van der Waals surface area contributed by atoms with E-state index in [0.717, 1.165) is 27.7 Å². The van der Waals surface area contributed by atoms with Gasteiger partial charge in [-0.25, -0.2) is 14.4 Å². The molecule has 0 radical (unpaired) electrons. The minimum atomic E-state index is -0.355. The third-order valence-corrected chi connectivity index (χ3v) is 5.74. The second kappa shape index (κ2) is 6.53. The molecule has 4 nitrogen and oxygen atoms in total. The van der Waals surface area contributed by atoms with Crippen LogP contribution in [0.15, 0.2) is 36.5 Å². The van der Waals surface area contributed by atoms with Gasteiger partial charge in [-0.15, -0.1) is 11.3 Å². The van der Waals surface area contributed by atoms with Crippen LogP contribution in [-0.2, 0) is 6.42 Å². The first-order valence-corrected chi connectivity index (χ1v) is 9.50. The van der Waals surface area contributed by atoms with Crippen molar-refractivity contribution in [2.45, 2.75) is 26.7 Å². The van der Waals surface area contributed by atoms with Crippen molar-refractivity contribution in [3.8, 4) is 26.9 Å². The number of Topliss-reactive ketones (excluding diaryl/α,β-unsaturated/α-hetero) is 1. The van der Waals surface area contributed by atoms with Gasteiger partial charge in [-0.2, -0.15) is 0 Å². The third-order valence-electron chi connectivity index (χ3n) is 4.68. The Morgan fingerprint density at radius 2 is 2.00 bits per heavy atom. The summed E-state index contributed by atoms with van der Waals surface area (Å²) < 4.78 is 18.9. The normalized spacial score (nSPS) is 15.5. The molecular formula is C21H19FN2O2S. The fourth-order valence-corrected chi connectivity index (χ4v) is 4.28. The molecule has 0 fully saturated rings. The fraction of sp³-hybridized carbons (Fsp3) is 0.286. The zero-order valence-corrected chi connectivity index (χ0v) is 16.2. The fourth-order valence-electron chi connectivity index (χ4n) is 3.40. The maximum Gasteiger partial charge on any atom is 0.165 e. The van der Waals surface area contributed by atoms with Crippen LogP contribution in [0.4, 0.5) is 4.39 Å². The predicted octanol–water partition coefficient (Wildman–Crippen LogP) is 5.17. The topological polar surface area (TPSA) is 52.1 Å². The molecule has 1 aliphatic carbocycles. The molecular weight excluding hydrogens is 363 g/mol. The van der Waals surface area contributed by atoms with E-state index in [-0.39, 0.29) is 17.0 Å². The van der Waals surface area contributed by atoms with E-state index in [4.69, 9.17) is 9.72 Å². The highest BCUT2D eigenvalue weighted by Crippen LogP contribution is 2.37. The number of ether oxygens (including phenoxy) is 1. The van der Waals surface area contributed by atoms with E-state index >= 15 is 0 Å². The minimum absolute atomic E-state index is 0.0815. The number of carbonyl (C=O) groups is 1. The molecule has 1 aliphatic rings. The smallest absolute Gasteiger partial charge is 0.165 e. The maximum absolute atomic E-state index is 13.8. The van der Waals surface area contributed by atoms with Crippen LogP contribution in [0.3, 0.4) is 0 Å². The molecule has 0 spiro atoms. The number of fused-ring (bicyclic) bond motifs is 1. The maximum atomic E-state index is 13.8. The summed E-state index contributed by atoms with van der Waals surface area (Å²) in [7, 11) is 1.51. The van der Waals surface area contributed by atoms with Crippen molar-refractivity contribution >= 4 is 17.1 Å². The van der Waals surface area contributed by atoms with Crippen molar-refractivity contribution in [2.24, 2.45) is 5.41 Å². The monoisotopic (exact) mass is 382 g/mol. The zero-order chi connectivity index (χ0) is 19.2. The molecule has 0 amide bonds. The van der Waals surface area contributed by atoms with Crippen molar-refractivity contribution in [1.29, 1.82) is 0 Å². The highest BCUT2D eigenvalue weighted by atomic mass is 32.1. The Labute approximate surface area is 161 Å². The van der Waals surface area contributed by atoms with E-state index in [1.807, 2.05) is 12.1 Å². The van der Waals surface area contributed by atoms with Gasteiger partial charge in [0, 0.05) is 24.2 Å². The number of halogens is 1. The number of nitrogens with zero attached hydrogens (tertiary/aromatic N) is 2. The van der Waals surface area contributed by atoms with Gasteiger partial charge in [-0.3, -0.25) is 4.79 Å². The molecule has 0 unspecified atom stereocenters. The second-order valence-electron chi connectivity index (χ2n) is 7.54. The number of benzene rings is 1. The lowest BCUT2D eigenvalue weighted by molar-refractivity contribution is 0.0910. The average Bonchev–Trinajstić information content (AvgIpc) is 3.09. The molecule has 138 valence electrons. The van der Waals surface area contributed by atoms with E-state index in [0.29, 0.717) is 23.3 Å². The molecule has 0 atom stereocenters. The summed E-state index contributed by atoms with van der Waals surface area (Å²) >= 11 is 1.44.